The van der Waals surface area contributed by atoms with E-state index in [0.717, 1.165) is 24.0 Å². The van der Waals surface area contributed by atoms with Gasteiger partial charge in [-0.05, 0) is 30.9 Å². The molecule has 2 amide bonds. The Morgan fingerprint density at radius 2 is 1.85 bits per heavy atom. The van der Waals surface area contributed by atoms with E-state index in [4.69, 9.17) is 0 Å². The predicted octanol–water partition coefficient (Wildman–Crippen LogP) is 3.26. The minimum Gasteiger partial charge on any atom is -0.357 e. The molecule has 1 aromatic rings. The molecule has 0 aromatic heterocycles. The van der Waals surface area contributed by atoms with Crippen LogP contribution >= 0.6 is 0 Å². The van der Waals surface area contributed by atoms with Gasteiger partial charge in [0.2, 0.25) is 11.8 Å². The Labute approximate surface area is 157 Å². The Hall–Kier alpha value is -2.56. The molecule has 2 N–H and O–H groups in total. The third-order valence-electron chi connectivity index (χ3n) is 4.30. The Bertz CT molecular complexity index is 677. The van der Waals surface area contributed by atoms with Gasteiger partial charge in [-0.1, -0.05) is 68.0 Å². The lowest BCUT2D eigenvalue weighted by Gasteiger charge is -2.22. The van der Waals surface area contributed by atoms with Crippen LogP contribution in [0.15, 0.2) is 66.8 Å². The van der Waals surface area contributed by atoms with Crippen molar-refractivity contribution in [3.05, 3.63) is 72.4 Å². The highest BCUT2D eigenvalue weighted by Crippen LogP contribution is 2.53. The normalized spacial score (nSPS) is 16.0. The van der Waals surface area contributed by atoms with Crippen molar-refractivity contribution >= 4 is 19.7 Å². The maximum Gasteiger partial charge on any atom is 0.246 e. The summed E-state index contributed by atoms with van der Waals surface area (Å²) in [7, 11) is 6.07. The van der Waals surface area contributed by atoms with Gasteiger partial charge in [0.1, 0.15) is 6.04 Å². The maximum atomic E-state index is 12.9. The third-order valence-corrected chi connectivity index (χ3v) is 4.30. The van der Waals surface area contributed by atoms with Gasteiger partial charge in [0.15, 0.2) is 0 Å². The molecule has 0 heterocycles. The van der Waals surface area contributed by atoms with Crippen LogP contribution in [0.25, 0.3) is 0 Å². The van der Waals surface area contributed by atoms with Crippen LogP contribution in [0.1, 0.15) is 31.4 Å². The molecule has 1 aromatic carbocycles. The summed E-state index contributed by atoms with van der Waals surface area (Å²) in [5.74, 6) is -0.350. The van der Waals surface area contributed by atoms with Gasteiger partial charge in [0.25, 0.3) is 0 Å². The Morgan fingerprint density at radius 3 is 2.31 bits per heavy atom. The molecular formula is C21H27BN2O2. The van der Waals surface area contributed by atoms with Crippen molar-refractivity contribution in [2.45, 2.75) is 32.6 Å². The predicted molar refractivity (Wildman–Crippen MR) is 108 cm³/mol. The van der Waals surface area contributed by atoms with Crippen molar-refractivity contribution in [1.82, 2.24) is 10.6 Å². The molecule has 2 rings (SSSR count). The first kappa shape index (κ1) is 21.5. The molecule has 26 heavy (non-hydrogen) atoms. The summed E-state index contributed by atoms with van der Waals surface area (Å²) in [4.78, 5) is 25.2. The molecule has 1 aliphatic rings. The second kappa shape index (κ2) is 10.4. The number of likely N-dealkylation sites (N-methyl/N-ethyl adjacent to an activating group) is 1. The van der Waals surface area contributed by atoms with Crippen LogP contribution in [0.5, 0.6) is 0 Å². The van der Waals surface area contributed by atoms with Crippen molar-refractivity contribution in [3.8, 4) is 0 Å². The van der Waals surface area contributed by atoms with Crippen LogP contribution < -0.4 is 10.6 Å². The number of carbonyl (C=O) groups is 2. The van der Waals surface area contributed by atoms with Gasteiger partial charge >= 0.3 is 0 Å². The highest BCUT2D eigenvalue weighted by atomic mass is 16.2. The molecule has 1 aliphatic carbocycles. The van der Waals surface area contributed by atoms with E-state index in [2.05, 4.69) is 25.1 Å². The molecule has 0 bridgehead atoms. The fraction of sp³-hybridized carbons (Fsp3) is 0.333. The zero-order valence-electron chi connectivity index (χ0n) is 15.8. The average molecular weight is 350 g/mol. The number of hydrogen-bond donors (Lipinski definition) is 2. The van der Waals surface area contributed by atoms with Crippen LogP contribution in [-0.2, 0) is 9.59 Å². The molecule has 1 unspecified atom stereocenters. The maximum absolute atomic E-state index is 12.9. The minimum absolute atomic E-state index is 0.119. The molecule has 0 spiro atoms. The fourth-order valence-corrected chi connectivity index (χ4v) is 2.81. The minimum atomic E-state index is -0.697. The number of amides is 2. The van der Waals surface area contributed by atoms with Crippen molar-refractivity contribution < 1.29 is 9.59 Å². The van der Waals surface area contributed by atoms with Crippen LogP contribution in [0, 0.1) is 5.41 Å². The molecule has 1 saturated carbocycles. The van der Waals surface area contributed by atoms with Crippen molar-refractivity contribution in [1.29, 1.82) is 0 Å². The largest absolute Gasteiger partial charge is 0.357 e. The Balaban J connectivity index is 0.00000163. The summed E-state index contributed by atoms with van der Waals surface area (Å²) in [5, 5.41) is 5.55. The fourth-order valence-electron chi connectivity index (χ4n) is 2.81. The smallest absolute Gasteiger partial charge is 0.246 e. The number of benzene rings is 1. The van der Waals surface area contributed by atoms with E-state index in [1.165, 1.54) is 6.82 Å². The van der Waals surface area contributed by atoms with Gasteiger partial charge in [-0.15, -0.1) is 0 Å². The molecule has 2 radical (unpaired) electrons. The summed E-state index contributed by atoms with van der Waals surface area (Å²) in [5.41, 5.74) is 1.14. The second-order valence-corrected chi connectivity index (χ2v) is 5.87. The first-order chi connectivity index (χ1) is 12.6. The summed E-state index contributed by atoms with van der Waals surface area (Å²) >= 11 is 0. The second-order valence-electron chi connectivity index (χ2n) is 5.87. The number of hydrogen-bond acceptors (Lipinski definition) is 2. The van der Waals surface area contributed by atoms with Gasteiger partial charge < -0.3 is 10.6 Å². The zero-order valence-corrected chi connectivity index (χ0v) is 15.8. The summed E-state index contributed by atoms with van der Waals surface area (Å²) < 4.78 is 0. The number of carbonyl (C=O) groups excluding carboxylic acids is 2. The molecule has 136 valence electrons. The van der Waals surface area contributed by atoms with Crippen LogP contribution in [0.3, 0.4) is 0 Å². The summed E-state index contributed by atoms with van der Waals surface area (Å²) in [6.07, 6.45) is 8.96. The topological polar surface area (TPSA) is 58.2 Å². The highest BCUT2D eigenvalue weighted by molar-refractivity contribution is 6.05. The van der Waals surface area contributed by atoms with Gasteiger partial charge in [0.05, 0.1) is 13.3 Å². The molecule has 0 saturated heterocycles. The molecule has 1 atom stereocenters. The number of nitrogens with one attached hydrogen (secondary N) is 2. The molecule has 4 nitrogen and oxygen atoms in total. The monoisotopic (exact) mass is 350 g/mol. The van der Waals surface area contributed by atoms with Gasteiger partial charge in [-0.3, -0.25) is 9.59 Å². The van der Waals surface area contributed by atoms with Crippen molar-refractivity contribution in [3.63, 3.8) is 0 Å². The van der Waals surface area contributed by atoms with Crippen LogP contribution in [0.2, 0.25) is 6.82 Å². The van der Waals surface area contributed by atoms with Gasteiger partial charge in [-0.25, -0.2) is 0 Å². The molecular weight excluding hydrogens is 323 g/mol. The van der Waals surface area contributed by atoms with Gasteiger partial charge in [-0.2, -0.15) is 0 Å². The summed E-state index contributed by atoms with van der Waals surface area (Å²) in [6.45, 7) is 7.15. The van der Waals surface area contributed by atoms with E-state index < -0.39 is 11.5 Å². The van der Waals surface area contributed by atoms with E-state index in [1.807, 2.05) is 55.5 Å². The first-order valence-corrected chi connectivity index (χ1v) is 8.70. The zero-order chi connectivity index (χ0) is 19.6. The third kappa shape index (κ3) is 4.98. The highest BCUT2D eigenvalue weighted by Gasteiger charge is 2.52. The van der Waals surface area contributed by atoms with Crippen LogP contribution in [-0.4, -0.2) is 26.7 Å². The first-order valence-electron chi connectivity index (χ1n) is 8.70. The lowest BCUT2D eigenvalue weighted by Crippen LogP contribution is -2.42. The molecule has 5 heteroatoms. The molecule has 0 aliphatic heterocycles. The van der Waals surface area contributed by atoms with E-state index in [9.17, 15) is 9.59 Å². The molecule has 1 fully saturated rings. The number of rotatable bonds is 7. The van der Waals surface area contributed by atoms with Crippen molar-refractivity contribution in [2.24, 2.45) is 5.41 Å². The Morgan fingerprint density at radius 1 is 1.23 bits per heavy atom. The number of allylic oxidation sites excluding steroid dienone is 4. The van der Waals surface area contributed by atoms with E-state index >= 15 is 0 Å². The lowest BCUT2D eigenvalue weighted by molar-refractivity contribution is -0.131. The van der Waals surface area contributed by atoms with Crippen molar-refractivity contribution in [2.75, 3.05) is 7.05 Å². The van der Waals surface area contributed by atoms with Gasteiger partial charge in [0, 0.05) is 7.05 Å². The Kier molecular flexibility index (Phi) is 8.63. The quantitative estimate of drug-likeness (QED) is 0.586. The SMILES string of the molecule is C=C/C=C(\C=C/C)C1(C(=O)NC(C(=O)NC)c2ccccc2)CC1.[B]C. The average Bonchev–Trinajstić information content (AvgIpc) is 3.49. The lowest BCUT2D eigenvalue weighted by atomic mass is 9.92. The summed E-state index contributed by atoms with van der Waals surface area (Å²) in [6, 6.07) is 8.57. The van der Waals surface area contributed by atoms with Crippen LogP contribution in [0.4, 0.5) is 0 Å². The van der Waals surface area contributed by atoms with E-state index in [1.54, 1.807) is 13.1 Å². The standard InChI is InChI=1S/C20H24N2O2.CH3B/c1-4-9-16(10-5-2)20(13-14-20)19(24)22-17(18(23)21-3)15-11-7-6-8-12-15;1-2/h4-12,17H,1,13-14H2,2-3H3,(H,21,23)(H,22,24);1H3/b10-5-,16-9+;. The van der Waals surface area contributed by atoms with E-state index in [0.29, 0.717) is 0 Å². The van der Waals surface area contributed by atoms with E-state index in [-0.39, 0.29) is 11.8 Å².